The summed E-state index contributed by atoms with van der Waals surface area (Å²) in [6, 6.07) is 9.42. The Balaban J connectivity index is 1.78. The van der Waals surface area contributed by atoms with Crippen LogP contribution < -0.4 is 0 Å². The summed E-state index contributed by atoms with van der Waals surface area (Å²) < 4.78 is 1.64. The van der Waals surface area contributed by atoms with Crippen molar-refractivity contribution in [3.05, 3.63) is 52.8 Å². The third kappa shape index (κ3) is 1.35. The molecule has 1 fully saturated rings. The van der Waals surface area contributed by atoms with Crippen molar-refractivity contribution in [1.82, 2.24) is 9.78 Å². The van der Waals surface area contributed by atoms with Gasteiger partial charge in [0, 0.05) is 11.1 Å². The highest BCUT2D eigenvalue weighted by Gasteiger charge is 2.64. The molecule has 4 rings (SSSR count). The Morgan fingerprint density at radius 3 is 2.70 bits per heavy atom. The molecule has 0 unspecified atom stereocenters. The second kappa shape index (κ2) is 3.60. The standard InChI is InChI=1S/C17H18N2O/c1-10-14-13(9-12-15(14)17(12,2)3)19(18-10)16(20)11-7-5-4-6-8-11/h4-8,12,15H,9H2,1-3H3/t12-,15+/m0/s1. The van der Waals surface area contributed by atoms with E-state index in [-0.39, 0.29) is 5.91 Å². The quantitative estimate of drug-likeness (QED) is 0.794. The summed E-state index contributed by atoms with van der Waals surface area (Å²) in [4.78, 5) is 12.6. The van der Waals surface area contributed by atoms with E-state index in [4.69, 9.17) is 0 Å². The zero-order valence-corrected chi connectivity index (χ0v) is 12.1. The summed E-state index contributed by atoms with van der Waals surface area (Å²) in [7, 11) is 0. The Kier molecular flexibility index (Phi) is 2.14. The average Bonchev–Trinajstić information content (AvgIpc) is 2.82. The number of carbonyl (C=O) groups is 1. The minimum absolute atomic E-state index is 0.00550. The van der Waals surface area contributed by atoms with Gasteiger partial charge in [-0.3, -0.25) is 4.79 Å². The monoisotopic (exact) mass is 266 g/mol. The third-order valence-corrected chi connectivity index (χ3v) is 5.19. The number of rotatable bonds is 1. The highest BCUT2D eigenvalue weighted by molar-refractivity contribution is 5.96. The number of aryl methyl sites for hydroxylation is 1. The van der Waals surface area contributed by atoms with Gasteiger partial charge in [-0.2, -0.15) is 5.10 Å². The Labute approximate surface area is 118 Å². The number of nitrogens with zero attached hydrogens (tertiary/aromatic N) is 2. The van der Waals surface area contributed by atoms with E-state index >= 15 is 0 Å². The molecule has 20 heavy (non-hydrogen) atoms. The van der Waals surface area contributed by atoms with Crippen LogP contribution in [0.25, 0.3) is 0 Å². The number of fused-ring (bicyclic) bond motifs is 3. The van der Waals surface area contributed by atoms with Gasteiger partial charge >= 0.3 is 0 Å². The SMILES string of the molecule is Cc1nn(C(=O)c2ccccc2)c2c1[C@H]1[C@H](C2)C1(C)C. The van der Waals surface area contributed by atoms with Crippen LogP contribution in [0.5, 0.6) is 0 Å². The van der Waals surface area contributed by atoms with Crippen LogP contribution in [0.2, 0.25) is 0 Å². The average molecular weight is 266 g/mol. The molecular weight excluding hydrogens is 248 g/mol. The summed E-state index contributed by atoms with van der Waals surface area (Å²) >= 11 is 0. The van der Waals surface area contributed by atoms with Gasteiger partial charge in [-0.05, 0) is 42.7 Å². The second-order valence-corrected chi connectivity index (χ2v) is 6.64. The van der Waals surface area contributed by atoms with E-state index in [2.05, 4.69) is 18.9 Å². The first-order chi connectivity index (χ1) is 9.51. The van der Waals surface area contributed by atoms with E-state index in [0.717, 1.165) is 17.8 Å². The zero-order valence-electron chi connectivity index (χ0n) is 12.1. The van der Waals surface area contributed by atoms with Gasteiger partial charge in [-0.1, -0.05) is 32.0 Å². The molecule has 2 atom stereocenters. The highest BCUT2D eigenvalue weighted by atomic mass is 16.2. The molecule has 0 amide bonds. The number of aromatic nitrogens is 2. The van der Waals surface area contributed by atoms with Gasteiger partial charge in [0.1, 0.15) is 0 Å². The van der Waals surface area contributed by atoms with Crippen LogP contribution in [0.4, 0.5) is 0 Å². The Hall–Kier alpha value is -1.90. The van der Waals surface area contributed by atoms with E-state index in [0.29, 0.717) is 22.8 Å². The molecule has 3 nitrogen and oxygen atoms in total. The van der Waals surface area contributed by atoms with Crippen molar-refractivity contribution >= 4 is 5.91 Å². The van der Waals surface area contributed by atoms with Crippen LogP contribution in [0.1, 0.15) is 47.1 Å². The molecule has 0 bridgehead atoms. The molecule has 0 saturated heterocycles. The van der Waals surface area contributed by atoms with E-state index in [1.807, 2.05) is 37.3 Å². The van der Waals surface area contributed by atoms with Crippen molar-refractivity contribution in [2.24, 2.45) is 11.3 Å². The lowest BCUT2D eigenvalue weighted by atomic mass is 9.98. The Morgan fingerprint density at radius 2 is 2.00 bits per heavy atom. The maximum absolute atomic E-state index is 12.6. The minimum Gasteiger partial charge on any atom is -0.267 e. The Bertz CT molecular complexity index is 712. The molecule has 1 aromatic heterocycles. The molecule has 1 saturated carbocycles. The molecule has 1 aromatic carbocycles. The highest BCUT2D eigenvalue weighted by Crippen LogP contribution is 2.70. The second-order valence-electron chi connectivity index (χ2n) is 6.64. The molecule has 0 aliphatic heterocycles. The molecule has 2 aliphatic rings. The van der Waals surface area contributed by atoms with Crippen molar-refractivity contribution < 1.29 is 4.79 Å². The molecule has 3 heteroatoms. The topological polar surface area (TPSA) is 34.9 Å². The minimum atomic E-state index is -0.00550. The van der Waals surface area contributed by atoms with Crippen LogP contribution in [-0.4, -0.2) is 15.7 Å². The van der Waals surface area contributed by atoms with Gasteiger partial charge < -0.3 is 0 Å². The van der Waals surface area contributed by atoms with E-state index < -0.39 is 0 Å². The van der Waals surface area contributed by atoms with Gasteiger partial charge in [0.15, 0.2) is 0 Å². The lowest BCUT2D eigenvalue weighted by molar-refractivity contribution is 0.0941. The maximum atomic E-state index is 12.6. The lowest BCUT2D eigenvalue weighted by Crippen LogP contribution is -2.17. The molecule has 0 spiro atoms. The van der Waals surface area contributed by atoms with Crippen molar-refractivity contribution in [3.8, 4) is 0 Å². The molecule has 102 valence electrons. The van der Waals surface area contributed by atoms with Crippen LogP contribution in [0.15, 0.2) is 30.3 Å². The predicted octanol–water partition coefficient (Wildman–Crippen LogP) is 3.18. The molecule has 0 N–H and O–H groups in total. The summed E-state index contributed by atoms with van der Waals surface area (Å²) in [6.45, 7) is 6.67. The van der Waals surface area contributed by atoms with Gasteiger partial charge in [0.2, 0.25) is 0 Å². The smallest absolute Gasteiger partial charge is 0.267 e. The van der Waals surface area contributed by atoms with Crippen LogP contribution >= 0.6 is 0 Å². The predicted molar refractivity (Wildman–Crippen MR) is 76.9 cm³/mol. The van der Waals surface area contributed by atoms with Gasteiger partial charge in [0.05, 0.1) is 11.4 Å². The fraction of sp³-hybridized carbons (Fsp3) is 0.412. The number of hydrogen-bond donors (Lipinski definition) is 0. The fourth-order valence-electron chi connectivity index (χ4n) is 3.97. The summed E-state index contributed by atoms with van der Waals surface area (Å²) in [6.07, 6.45) is 0.992. The molecule has 1 heterocycles. The number of carbonyl (C=O) groups excluding carboxylic acids is 1. The van der Waals surface area contributed by atoms with Gasteiger partial charge in [-0.25, -0.2) is 4.68 Å². The molecule has 0 radical (unpaired) electrons. The van der Waals surface area contributed by atoms with Crippen molar-refractivity contribution in [2.45, 2.75) is 33.1 Å². The van der Waals surface area contributed by atoms with Crippen LogP contribution in [-0.2, 0) is 6.42 Å². The molecular formula is C17H18N2O. The largest absolute Gasteiger partial charge is 0.278 e. The first-order valence-corrected chi connectivity index (χ1v) is 7.20. The fourth-order valence-corrected chi connectivity index (χ4v) is 3.97. The van der Waals surface area contributed by atoms with Crippen molar-refractivity contribution in [1.29, 1.82) is 0 Å². The molecule has 2 aliphatic carbocycles. The van der Waals surface area contributed by atoms with E-state index in [1.54, 1.807) is 4.68 Å². The summed E-state index contributed by atoms with van der Waals surface area (Å²) in [5.41, 5.74) is 4.61. The van der Waals surface area contributed by atoms with Crippen molar-refractivity contribution in [2.75, 3.05) is 0 Å². The maximum Gasteiger partial charge on any atom is 0.278 e. The van der Waals surface area contributed by atoms with E-state index in [1.165, 1.54) is 5.56 Å². The normalized spacial score (nSPS) is 25.1. The summed E-state index contributed by atoms with van der Waals surface area (Å²) in [5, 5.41) is 4.52. The Morgan fingerprint density at radius 1 is 1.30 bits per heavy atom. The zero-order chi connectivity index (χ0) is 14.1. The molecule has 2 aromatic rings. The number of hydrogen-bond acceptors (Lipinski definition) is 2. The third-order valence-electron chi connectivity index (χ3n) is 5.19. The van der Waals surface area contributed by atoms with Crippen molar-refractivity contribution in [3.63, 3.8) is 0 Å². The van der Waals surface area contributed by atoms with E-state index in [9.17, 15) is 4.79 Å². The lowest BCUT2D eigenvalue weighted by Gasteiger charge is -2.10. The first kappa shape index (κ1) is 11.9. The summed E-state index contributed by atoms with van der Waals surface area (Å²) in [5.74, 6) is 1.30. The van der Waals surface area contributed by atoms with Crippen LogP contribution in [0, 0.1) is 18.3 Å². The number of benzene rings is 1. The van der Waals surface area contributed by atoms with Gasteiger partial charge in [0.25, 0.3) is 5.91 Å². The van der Waals surface area contributed by atoms with Crippen LogP contribution in [0.3, 0.4) is 0 Å². The first-order valence-electron chi connectivity index (χ1n) is 7.20. The van der Waals surface area contributed by atoms with Gasteiger partial charge in [-0.15, -0.1) is 0 Å².